The van der Waals surface area contributed by atoms with Gasteiger partial charge in [0.1, 0.15) is 0 Å². The zero-order chi connectivity index (χ0) is 14.7. The largest absolute Gasteiger partial charge is 0.275 e. The van der Waals surface area contributed by atoms with Crippen LogP contribution < -0.4 is 5.43 Å². The van der Waals surface area contributed by atoms with Crippen molar-refractivity contribution in [3.63, 3.8) is 0 Å². The van der Waals surface area contributed by atoms with Crippen LogP contribution in [0.2, 0.25) is 15.1 Å². The second-order valence-corrected chi connectivity index (χ2v) is 5.67. The Kier molecular flexibility index (Phi) is 4.92. The van der Waals surface area contributed by atoms with Crippen LogP contribution in [0.5, 0.6) is 0 Å². The quantitative estimate of drug-likeness (QED) is 0.560. The highest BCUT2D eigenvalue weighted by Gasteiger charge is 2.07. The summed E-state index contributed by atoms with van der Waals surface area (Å²) in [5.41, 5.74) is 6.51. The molecule has 2 nitrogen and oxygen atoms in total. The summed E-state index contributed by atoms with van der Waals surface area (Å²) < 4.78 is 0. The average molecular weight is 328 g/mol. The average Bonchev–Trinajstić information content (AvgIpc) is 2.38. The molecular weight excluding hydrogens is 315 g/mol. The Hall–Kier alpha value is -1.22. The first-order valence-electron chi connectivity index (χ1n) is 5.99. The van der Waals surface area contributed by atoms with Gasteiger partial charge in [0.25, 0.3) is 0 Å². The molecule has 1 N–H and O–H groups in total. The summed E-state index contributed by atoms with van der Waals surface area (Å²) in [6, 6.07) is 11.3. The number of nitrogens with one attached hydrogen (secondary N) is 1. The van der Waals surface area contributed by atoms with Crippen LogP contribution in [0.15, 0.2) is 41.5 Å². The van der Waals surface area contributed by atoms with E-state index in [1.54, 1.807) is 12.1 Å². The second kappa shape index (κ2) is 6.49. The first-order valence-corrected chi connectivity index (χ1v) is 7.12. The third-order valence-electron chi connectivity index (χ3n) is 2.81. The van der Waals surface area contributed by atoms with Gasteiger partial charge in [-0.25, -0.2) is 0 Å². The van der Waals surface area contributed by atoms with Gasteiger partial charge in [-0.15, -0.1) is 0 Å². The molecule has 0 atom stereocenters. The van der Waals surface area contributed by atoms with Crippen LogP contribution in [0.25, 0.3) is 0 Å². The van der Waals surface area contributed by atoms with Crippen molar-refractivity contribution in [2.75, 3.05) is 5.43 Å². The Morgan fingerprint density at radius 1 is 1.00 bits per heavy atom. The molecule has 0 spiro atoms. The predicted molar refractivity (Wildman–Crippen MR) is 88.5 cm³/mol. The van der Waals surface area contributed by atoms with Gasteiger partial charge >= 0.3 is 0 Å². The van der Waals surface area contributed by atoms with E-state index >= 15 is 0 Å². The van der Waals surface area contributed by atoms with Gasteiger partial charge < -0.3 is 0 Å². The van der Waals surface area contributed by atoms with E-state index < -0.39 is 0 Å². The van der Waals surface area contributed by atoms with Gasteiger partial charge in [-0.3, -0.25) is 5.43 Å². The predicted octanol–water partition coefficient (Wildman–Crippen LogP) is 5.79. The highest BCUT2D eigenvalue weighted by molar-refractivity contribution is 6.41. The lowest BCUT2D eigenvalue weighted by Gasteiger charge is -2.08. The van der Waals surface area contributed by atoms with Crippen molar-refractivity contribution >= 4 is 46.2 Å². The first-order chi connectivity index (χ1) is 9.47. The number of aryl methyl sites for hydroxylation is 1. The van der Waals surface area contributed by atoms with E-state index in [9.17, 15) is 0 Å². The van der Waals surface area contributed by atoms with Crippen LogP contribution in [0.3, 0.4) is 0 Å². The van der Waals surface area contributed by atoms with Gasteiger partial charge in [0, 0.05) is 5.02 Å². The molecule has 0 fully saturated rings. The van der Waals surface area contributed by atoms with E-state index in [0.29, 0.717) is 20.8 Å². The van der Waals surface area contributed by atoms with Crippen molar-refractivity contribution in [3.05, 3.63) is 62.6 Å². The van der Waals surface area contributed by atoms with Crippen LogP contribution in [0, 0.1) is 6.92 Å². The van der Waals surface area contributed by atoms with Crippen LogP contribution in [-0.4, -0.2) is 5.71 Å². The fraction of sp³-hybridized carbons (Fsp3) is 0.133. The number of hydrazone groups is 1. The first kappa shape index (κ1) is 15.2. The lowest BCUT2D eigenvalue weighted by atomic mass is 10.1. The van der Waals surface area contributed by atoms with E-state index in [1.807, 2.05) is 38.1 Å². The van der Waals surface area contributed by atoms with E-state index in [-0.39, 0.29) is 0 Å². The molecule has 0 saturated heterocycles. The smallest absolute Gasteiger partial charge is 0.0935 e. The van der Waals surface area contributed by atoms with Crippen molar-refractivity contribution in [1.82, 2.24) is 0 Å². The highest BCUT2D eigenvalue weighted by Crippen LogP contribution is 2.33. The highest BCUT2D eigenvalue weighted by atomic mass is 35.5. The minimum absolute atomic E-state index is 0.433. The maximum absolute atomic E-state index is 6.08. The second-order valence-electron chi connectivity index (χ2n) is 4.42. The van der Waals surface area contributed by atoms with Gasteiger partial charge in [-0.05, 0) is 31.5 Å². The third kappa shape index (κ3) is 3.66. The molecule has 0 aliphatic rings. The number of rotatable bonds is 3. The topological polar surface area (TPSA) is 24.4 Å². The summed E-state index contributed by atoms with van der Waals surface area (Å²) in [6.07, 6.45) is 0. The Morgan fingerprint density at radius 3 is 2.10 bits per heavy atom. The summed E-state index contributed by atoms with van der Waals surface area (Å²) in [5.74, 6) is 0. The summed E-state index contributed by atoms with van der Waals surface area (Å²) in [6.45, 7) is 3.96. The number of halogens is 3. The number of nitrogens with zero attached hydrogens (tertiary/aromatic N) is 1. The lowest BCUT2D eigenvalue weighted by molar-refractivity contribution is 1.32. The van der Waals surface area contributed by atoms with Crippen molar-refractivity contribution in [2.45, 2.75) is 13.8 Å². The molecule has 0 aromatic heterocycles. The Bertz CT molecular complexity index is 626. The van der Waals surface area contributed by atoms with Crippen molar-refractivity contribution < 1.29 is 0 Å². The van der Waals surface area contributed by atoms with E-state index in [4.69, 9.17) is 34.8 Å². The monoisotopic (exact) mass is 326 g/mol. The molecule has 2 aromatic rings. The fourth-order valence-corrected chi connectivity index (χ4v) is 2.55. The van der Waals surface area contributed by atoms with E-state index in [1.165, 1.54) is 5.56 Å². The maximum Gasteiger partial charge on any atom is 0.0935 e. The Labute approximate surface area is 133 Å². The maximum atomic E-state index is 6.08. The summed E-state index contributed by atoms with van der Waals surface area (Å²) in [5, 5.41) is 5.66. The fourth-order valence-electron chi connectivity index (χ4n) is 1.65. The van der Waals surface area contributed by atoms with E-state index in [2.05, 4.69) is 10.5 Å². The zero-order valence-corrected chi connectivity index (χ0v) is 13.3. The van der Waals surface area contributed by atoms with Gasteiger partial charge in [0.2, 0.25) is 0 Å². The Morgan fingerprint density at radius 2 is 1.55 bits per heavy atom. The minimum atomic E-state index is 0.433. The van der Waals surface area contributed by atoms with Gasteiger partial charge in [0.05, 0.1) is 21.4 Å². The van der Waals surface area contributed by atoms with Crippen molar-refractivity contribution in [1.29, 1.82) is 0 Å². The van der Waals surface area contributed by atoms with Gasteiger partial charge in [-0.2, -0.15) is 5.10 Å². The van der Waals surface area contributed by atoms with E-state index in [0.717, 1.165) is 11.3 Å². The number of benzene rings is 2. The number of anilines is 1. The molecule has 2 rings (SSSR count). The molecular formula is C15H13Cl3N2. The molecule has 0 aliphatic heterocycles. The van der Waals surface area contributed by atoms with Gasteiger partial charge in [0.15, 0.2) is 0 Å². The standard InChI is InChI=1S/C15H13Cl3N2/c1-9-3-5-11(6-4-9)10(2)19-20-15-13(17)7-12(16)8-14(15)18/h3-8,20H,1-2H3/b19-10-. The molecule has 0 aliphatic carbocycles. The molecule has 104 valence electrons. The van der Waals surface area contributed by atoms with Gasteiger partial charge in [-0.1, -0.05) is 64.6 Å². The van der Waals surface area contributed by atoms with Crippen LogP contribution in [0.1, 0.15) is 18.1 Å². The number of hydrogen-bond donors (Lipinski definition) is 1. The Balaban J connectivity index is 2.23. The van der Waals surface area contributed by atoms with Crippen LogP contribution >= 0.6 is 34.8 Å². The van der Waals surface area contributed by atoms with Crippen molar-refractivity contribution in [2.24, 2.45) is 5.10 Å². The normalized spacial score (nSPS) is 11.6. The molecule has 0 bridgehead atoms. The molecule has 0 unspecified atom stereocenters. The lowest BCUT2D eigenvalue weighted by Crippen LogP contribution is -2.00. The molecule has 0 saturated carbocycles. The number of hydrogen-bond acceptors (Lipinski definition) is 2. The molecule has 0 radical (unpaired) electrons. The molecule has 0 amide bonds. The van der Waals surface area contributed by atoms with Crippen LogP contribution in [-0.2, 0) is 0 Å². The third-order valence-corrected chi connectivity index (χ3v) is 3.63. The summed E-state index contributed by atoms with van der Waals surface area (Å²) >= 11 is 18.0. The molecule has 0 heterocycles. The summed E-state index contributed by atoms with van der Waals surface area (Å²) in [7, 11) is 0. The molecule has 20 heavy (non-hydrogen) atoms. The minimum Gasteiger partial charge on any atom is -0.275 e. The summed E-state index contributed by atoms with van der Waals surface area (Å²) in [4.78, 5) is 0. The van der Waals surface area contributed by atoms with Crippen molar-refractivity contribution in [3.8, 4) is 0 Å². The SMILES string of the molecule is C/C(=N/Nc1c(Cl)cc(Cl)cc1Cl)c1ccc(C)cc1. The zero-order valence-electron chi connectivity index (χ0n) is 11.0. The molecule has 2 aromatic carbocycles. The van der Waals surface area contributed by atoms with Crippen LogP contribution in [0.4, 0.5) is 5.69 Å². The molecule has 5 heteroatoms.